The molecule has 0 aromatic carbocycles. The van der Waals surface area contributed by atoms with Gasteiger partial charge in [0.05, 0.1) is 21.7 Å². The Morgan fingerprint density at radius 3 is 2.30 bits per heavy atom. The summed E-state index contributed by atoms with van der Waals surface area (Å²) < 4.78 is 54.8. The molecule has 2 heterocycles. The number of hydrogen-bond donors (Lipinski definition) is 1. The van der Waals surface area contributed by atoms with Gasteiger partial charge in [0.1, 0.15) is 10.3 Å². The monoisotopic (exact) mass is 467 g/mol. The molecular weight excluding hydrogens is 443 g/mol. The molecule has 0 radical (unpaired) electrons. The summed E-state index contributed by atoms with van der Waals surface area (Å²) >= 11 is 3.30. The van der Waals surface area contributed by atoms with Gasteiger partial charge in [0, 0.05) is 18.1 Å². The smallest absolute Gasteiger partial charge is 0.332 e. The van der Waals surface area contributed by atoms with Crippen LogP contribution in [0.4, 0.5) is 13.2 Å². The van der Waals surface area contributed by atoms with E-state index in [-0.39, 0.29) is 17.4 Å². The molecule has 0 saturated heterocycles. The fourth-order valence-corrected chi connectivity index (χ4v) is 3.68. The van der Waals surface area contributed by atoms with Gasteiger partial charge in [-0.25, -0.2) is 9.19 Å². The lowest BCUT2D eigenvalue weighted by Crippen LogP contribution is -2.37. The lowest BCUT2D eigenvalue weighted by atomic mass is 9.89. The molecule has 152 valence electrons. The van der Waals surface area contributed by atoms with Crippen LogP contribution in [0.1, 0.15) is 52.5 Å². The minimum Gasteiger partial charge on any atom is -0.332 e. The Kier molecular flexibility index (Phi) is 6.19. The summed E-state index contributed by atoms with van der Waals surface area (Å²) in [6.07, 6.45) is -3.34. The molecule has 4 nitrogen and oxygen atoms in total. The fraction of sp³-hybridized carbons (Fsp3) is 0.611. The summed E-state index contributed by atoms with van der Waals surface area (Å²) in [5.74, 6) is -1.79. The maximum atomic E-state index is 14.0. The molecule has 2 aromatic rings. The summed E-state index contributed by atoms with van der Waals surface area (Å²) in [7, 11) is -1.88. The van der Waals surface area contributed by atoms with Crippen molar-refractivity contribution < 1.29 is 17.4 Å². The number of halogens is 4. The van der Waals surface area contributed by atoms with Crippen LogP contribution in [0.25, 0.3) is 11.0 Å². The molecule has 0 aliphatic heterocycles. The molecule has 0 saturated carbocycles. The van der Waals surface area contributed by atoms with Crippen molar-refractivity contribution >= 4 is 37.9 Å². The molecule has 0 bridgehead atoms. The lowest BCUT2D eigenvalue weighted by Gasteiger charge is -2.28. The minimum atomic E-state index is -4.50. The number of alkyl halides is 3. The van der Waals surface area contributed by atoms with Gasteiger partial charge in [-0.05, 0) is 59.3 Å². The number of aromatic nitrogens is 2. The average molecular weight is 468 g/mol. The second kappa shape index (κ2) is 7.48. The molecule has 1 unspecified atom stereocenters. The van der Waals surface area contributed by atoms with E-state index >= 15 is 0 Å². The van der Waals surface area contributed by atoms with Crippen molar-refractivity contribution in [2.24, 2.45) is 10.6 Å². The van der Waals surface area contributed by atoms with Gasteiger partial charge >= 0.3 is 6.18 Å². The number of nitrogens with two attached hydrogens (primary N) is 1. The highest BCUT2D eigenvalue weighted by Crippen LogP contribution is 2.44. The van der Waals surface area contributed by atoms with Gasteiger partial charge in [-0.3, -0.25) is 5.14 Å². The van der Waals surface area contributed by atoms with Crippen molar-refractivity contribution in [2.75, 3.05) is 0 Å². The molecule has 0 fully saturated rings. The van der Waals surface area contributed by atoms with Crippen LogP contribution in [0.2, 0.25) is 0 Å². The maximum absolute atomic E-state index is 14.0. The van der Waals surface area contributed by atoms with Crippen molar-refractivity contribution in [3.63, 3.8) is 0 Å². The SMILES string of the molecule is CC(C)(C)Cn1cc([C@H](CC(C)(C)S(N)=O)C(F)(F)F)c2ccc(Br)nc21. The van der Waals surface area contributed by atoms with Gasteiger partial charge in [-0.2, -0.15) is 13.2 Å². The number of fused-ring (bicyclic) bond motifs is 1. The second-order valence-electron chi connectivity index (χ2n) is 8.63. The van der Waals surface area contributed by atoms with Crippen molar-refractivity contribution in [3.05, 3.63) is 28.5 Å². The Hall–Kier alpha value is -0.930. The molecule has 2 rings (SSSR count). The van der Waals surface area contributed by atoms with Crippen LogP contribution in [0.5, 0.6) is 0 Å². The van der Waals surface area contributed by atoms with Gasteiger partial charge in [-0.15, -0.1) is 0 Å². The fourth-order valence-electron chi connectivity index (χ4n) is 3.05. The maximum Gasteiger partial charge on any atom is 0.395 e. The first-order chi connectivity index (χ1) is 12.1. The Labute approximate surface area is 168 Å². The van der Waals surface area contributed by atoms with Crippen molar-refractivity contribution in [1.82, 2.24) is 9.55 Å². The van der Waals surface area contributed by atoms with Crippen LogP contribution < -0.4 is 5.14 Å². The Balaban J connectivity index is 2.67. The zero-order valence-electron chi connectivity index (χ0n) is 16.0. The van der Waals surface area contributed by atoms with Crippen molar-refractivity contribution in [1.29, 1.82) is 0 Å². The normalized spacial score (nSPS) is 15.9. The third-order valence-corrected chi connectivity index (χ3v) is 6.07. The third kappa shape index (κ3) is 5.32. The predicted molar refractivity (Wildman–Crippen MR) is 107 cm³/mol. The number of rotatable bonds is 5. The first-order valence-electron chi connectivity index (χ1n) is 8.50. The van der Waals surface area contributed by atoms with E-state index in [4.69, 9.17) is 5.14 Å². The van der Waals surface area contributed by atoms with E-state index < -0.39 is 27.8 Å². The van der Waals surface area contributed by atoms with E-state index in [2.05, 4.69) is 20.9 Å². The summed E-state index contributed by atoms with van der Waals surface area (Å²) in [6.45, 7) is 9.54. The van der Waals surface area contributed by atoms with Gasteiger partial charge in [0.25, 0.3) is 0 Å². The molecule has 0 aliphatic carbocycles. The first-order valence-corrected chi connectivity index (χ1v) is 10.5. The van der Waals surface area contributed by atoms with E-state index in [1.54, 1.807) is 16.7 Å². The van der Waals surface area contributed by atoms with Gasteiger partial charge in [-0.1, -0.05) is 20.8 Å². The van der Waals surface area contributed by atoms with Crippen LogP contribution in [0.3, 0.4) is 0 Å². The first kappa shape index (κ1) is 22.4. The summed E-state index contributed by atoms with van der Waals surface area (Å²) in [5.41, 5.74) is 0.495. The van der Waals surface area contributed by atoms with E-state index in [1.807, 2.05) is 20.8 Å². The van der Waals surface area contributed by atoms with E-state index in [1.165, 1.54) is 20.0 Å². The lowest BCUT2D eigenvalue weighted by molar-refractivity contribution is -0.152. The van der Waals surface area contributed by atoms with Gasteiger partial charge in [0.2, 0.25) is 0 Å². The summed E-state index contributed by atoms with van der Waals surface area (Å²) in [4.78, 5) is 4.40. The average Bonchev–Trinajstić information content (AvgIpc) is 2.79. The molecule has 9 heteroatoms. The quantitative estimate of drug-likeness (QED) is 0.607. The van der Waals surface area contributed by atoms with Crippen LogP contribution in [0, 0.1) is 5.41 Å². The zero-order chi connectivity index (χ0) is 20.8. The number of nitrogens with zero attached hydrogens (tertiary/aromatic N) is 2. The summed E-state index contributed by atoms with van der Waals surface area (Å²) in [5, 5.41) is 5.89. The largest absolute Gasteiger partial charge is 0.395 e. The van der Waals surface area contributed by atoms with Crippen LogP contribution in [0.15, 0.2) is 22.9 Å². The highest BCUT2D eigenvalue weighted by molar-refractivity contribution is 9.10. The molecule has 2 aromatic heterocycles. The molecule has 0 amide bonds. The summed E-state index contributed by atoms with van der Waals surface area (Å²) in [6, 6.07) is 3.28. The Bertz CT molecular complexity index is 856. The zero-order valence-corrected chi connectivity index (χ0v) is 18.4. The van der Waals surface area contributed by atoms with Crippen LogP contribution in [-0.4, -0.2) is 24.7 Å². The van der Waals surface area contributed by atoms with Crippen LogP contribution in [-0.2, 0) is 17.5 Å². The predicted octanol–water partition coefficient (Wildman–Crippen LogP) is 5.28. The highest BCUT2D eigenvalue weighted by Gasteiger charge is 2.46. The highest BCUT2D eigenvalue weighted by atomic mass is 79.9. The topological polar surface area (TPSA) is 60.9 Å². The molecule has 2 atom stereocenters. The third-order valence-electron chi connectivity index (χ3n) is 4.37. The second-order valence-corrected chi connectivity index (χ2v) is 11.1. The Morgan fingerprint density at radius 2 is 1.81 bits per heavy atom. The molecule has 27 heavy (non-hydrogen) atoms. The molecule has 0 spiro atoms. The molecule has 2 N–H and O–H groups in total. The van der Waals surface area contributed by atoms with E-state index in [0.29, 0.717) is 22.2 Å². The molecule has 0 aliphatic rings. The van der Waals surface area contributed by atoms with Gasteiger partial charge in [0.15, 0.2) is 0 Å². The molecular formula is C18H25BrF3N3OS. The number of hydrogen-bond acceptors (Lipinski definition) is 2. The van der Waals surface area contributed by atoms with Crippen LogP contribution >= 0.6 is 15.9 Å². The van der Waals surface area contributed by atoms with Crippen molar-refractivity contribution in [3.8, 4) is 0 Å². The standard InChI is InChI=1S/C18H25BrF3N3OS/c1-16(2,3)10-25-9-12(11-6-7-14(19)24-15(11)25)13(18(20,21)22)8-17(4,5)27(23)26/h6-7,9,13H,8,10,23H2,1-5H3/t13-,27?/m0/s1. The minimum absolute atomic E-state index is 0.139. The van der Waals surface area contributed by atoms with E-state index in [9.17, 15) is 17.4 Å². The Morgan fingerprint density at radius 1 is 1.22 bits per heavy atom. The van der Waals surface area contributed by atoms with E-state index in [0.717, 1.165) is 0 Å². The van der Waals surface area contributed by atoms with Crippen molar-refractivity contribution in [2.45, 2.75) is 64.4 Å². The number of pyridine rings is 1. The van der Waals surface area contributed by atoms with Gasteiger partial charge < -0.3 is 4.57 Å².